The molecule has 6 nitrogen and oxygen atoms in total. The number of carbonyl (C=O) groups is 1. The molecule has 26 heavy (non-hydrogen) atoms. The van der Waals surface area contributed by atoms with Gasteiger partial charge in [-0.05, 0) is 43.4 Å². The minimum Gasteiger partial charge on any atom is -0.508 e. The predicted molar refractivity (Wildman–Crippen MR) is 102 cm³/mol. The van der Waals surface area contributed by atoms with Gasteiger partial charge >= 0.3 is 6.03 Å². The Hall–Kier alpha value is -2.15. The molecular formula is C19H24N4O2S. The Kier molecular flexibility index (Phi) is 5.06. The van der Waals surface area contributed by atoms with Gasteiger partial charge in [-0.2, -0.15) is 0 Å². The molecule has 2 N–H and O–H groups in total. The highest BCUT2D eigenvalue weighted by Crippen LogP contribution is 2.36. The summed E-state index contributed by atoms with van der Waals surface area (Å²) >= 11 is 1.51. The van der Waals surface area contributed by atoms with Crippen LogP contribution in [0, 0.1) is 0 Å². The molecule has 0 unspecified atom stereocenters. The van der Waals surface area contributed by atoms with Crippen LogP contribution in [0.2, 0.25) is 0 Å². The molecule has 1 aliphatic carbocycles. The second-order valence-corrected chi connectivity index (χ2v) is 8.16. The predicted octanol–water partition coefficient (Wildman–Crippen LogP) is 4.66. The number of hydrogen-bond acceptors (Lipinski definition) is 5. The largest absolute Gasteiger partial charge is 0.508 e. The first-order chi connectivity index (χ1) is 12.7. The molecule has 138 valence electrons. The summed E-state index contributed by atoms with van der Waals surface area (Å²) in [4.78, 5) is 14.6. The van der Waals surface area contributed by atoms with Gasteiger partial charge in [0, 0.05) is 12.5 Å². The highest BCUT2D eigenvalue weighted by molar-refractivity contribution is 7.15. The van der Waals surface area contributed by atoms with E-state index < -0.39 is 0 Å². The number of nitrogens with zero attached hydrogens (tertiary/aromatic N) is 3. The Morgan fingerprint density at radius 2 is 1.85 bits per heavy atom. The summed E-state index contributed by atoms with van der Waals surface area (Å²) in [5, 5.41) is 22.6. The number of phenolic OH excluding ortho intramolecular Hbond substituents is 1. The number of rotatable bonds is 3. The average molecular weight is 372 g/mol. The van der Waals surface area contributed by atoms with Gasteiger partial charge in [0.1, 0.15) is 10.8 Å². The molecule has 0 bridgehead atoms. The fourth-order valence-electron chi connectivity index (χ4n) is 4.02. The lowest BCUT2D eigenvalue weighted by Crippen LogP contribution is -2.34. The summed E-state index contributed by atoms with van der Waals surface area (Å²) in [6.07, 6.45) is 8.09. The third kappa shape index (κ3) is 3.67. The van der Waals surface area contributed by atoms with Gasteiger partial charge in [-0.3, -0.25) is 5.32 Å². The van der Waals surface area contributed by atoms with Crippen molar-refractivity contribution in [2.75, 3.05) is 11.9 Å². The Morgan fingerprint density at radius 1 is 1.08 bits per heavy atom. The number of carbonyl (C=O) groups excluding carboxylic acids is 1. The molecule has 4 rings (SSSR count). The number of amides is 2. The number of nitrogens with one attached hydrogen (secondary N) is 1. The summed E-state index contributed by atoms with van der Waals surface area (Å²) in [7, 11) is 0. The van der Waals surface area contributed by atoms with Crippen molar-refractivity contribution in [2.24, 2.45) is 0 Å². The first kappa shape index (κ1) is 17.3. The molecule has 0 spiro atoms. The molecular weight excluding hydrogens is 348 g/mol. The summed E-state index contributed by atoms with van der Waals surface area (Å²) in [6, 6.07) is 7.04. The third-order valence-electron chi connectivity index (χ3n) is 5.40. The quantitative estimate of drug-likeness (QED) is 0.821. The SMILES string of the molecule is O=C(Nc1nnc(C2CCCCC2)s1)N1CCC[C@@H]1c1ccc(O)cc1. The maximum Gasteiger partial charge on any atom is 0.324 e. The van der Waals surface area contributed by atoms with Gasteiger partial charge < -0.3 is 10.0 Å². The topological polar surface area (TPSA) is 78.4 Å². The molecule has 1 atom stereocenters. The van der Waals surface area contributed by atoms with Crippen LogP contribution in [-0.2, 0) is 0 Å². The van der Waals surface area contributed by atoms with Crippen LogP contribution in [0.4, 0.5) is 9.93 Å². The van der Waals surface area contributed by atoms with Crippen molar-refractivity contribution in [1.82, 2.24) is 15.1 Å². The monoisotopic (exact) mass is 372 g/mol. The van der Waals surface area contributed by atoms with Gasteiger partial charge in [-0.1, -0.05) is 42.7 Å². The summed E-state index contributed by atoms with van der Waals surface area (Å²) in [6.45, 7) is 0.728. The minimum absolute atomic E-state index is 0.0429. The van der Waals surface area contributed by atoms with Crippen LogP contribution >= 0.6 is 11.3 Å². The van der Waals surface area contributed by atoms with E-state index in [0.29, 0.717) is 11.0 Å². The van der Waals surface area contributed by atoms with Gasteiger partial charge in [0.15, 0.2) is 0 Å². The van der Waals surface area contributed by atoms with E-state index in [1.54, 1.807) is 12.1 Å². The van der Waals surface area contributed by atoms with Crippen molar-refractivity contribution in [2.45, 2.75) is 56.9 Å². The second kappa shape index (κ2) is 7.61. The maximum atomic E-state index is 12.8. The first-order valence-corrected chi connectivity index (χ1v) is 10.2. The molecule has 2 fully saturated rings. The van der Waals surface area contributed by atoms with Crippen LogP contribution in [0.3, 0.4) is 0 Å². The zero-order chi connectivity index (χ0) is 17.9. The standard InChI is InChI=1S/C19H24N4O2S/c24-15-10-8-13(9-11-15)16-7-4-12-23(16)19(25)20-18-22-21-17(26-18)14-5-2-1-3-6-14/h8-11,14,16,24H,1-7,12H2,(H,20,22,25)/t16-/m1/s1. The van der Waals surface area contributed by atoms with E-state index in [0.717, 1.165) is 30.0 Å². The van der Waals surface area contributed by atoms with Crippen molar-refractivity contribution in [3.8, 4) is 5.75 Å². The van der Waals surface area contributed by atoms with Crippen LogP contribution in [0.5, 0.6) is 5.75 Å². The van der Waals surface area contributed by atoms with Crippen LogP contribution in [0.25, 0.3) is 0 Å². The van der Waals surface area contributed by atoms with E-state index in [1.807, 2.05) is 17.0 Å². The molecule has 1 saturated heterocycles. The van der Waals surface area contributed by atoms with Crippen molar-refractivity contribution in [3.05, 3.63) is 34.8 Å². The summed E-state index contributed by atoms with van der Waals surface area (Å²) in [5.74, 6) is 0.746. The minimum atomic E-state index is -0.119. The van der Waals surface area contributed by atoms with Crippen molar-refractivity contribution < 1.29 is 9.90 Å². The lowest BCUT2D eigenvalue weighted by atomic mass is 9.90. The van der Waals surface area contributed by atoms with Gasteiger partial charge in [0.25, 0.3) is 0 Å². The lowest BCUT2D eigenvalue weighted by Gasteiger charge is -2.24. The number of anilines is 1. The smallest absolute Gasteiger partial charge is 0.324 e. The van der Waals surface area contributed by atoms with Crippen LogP contribution in [0.1, 0.15) is 67.5 Å². The molecule has 1 aromatic carbocycles. The number of phenols is 1. The van der Waals surface area contributed by atoms with E-state index in [2.05, 4.69) is 15.5 Å². The molecule has 7 heteroatoms. The highest BCUT2D eigenvalue weighted by atomic mass is 32.1. The number of urea groups is 1. The number of hydrogen-bond donors (Lipinski definition) is 2. The second-order valence-electron chi connectivity index (χ2n) is 7.15. The van der Waals surface area contributed by atoms with Crippen LogP contribution in [-0.4, -0.2) is 32.8 Å². The van der Waals surface area contributed by atoms with E-state index in [9.17, 15) is 9.90 Å². The molecule has 1 aliphatic heterocycles. The number of likely N-dealkylation sites (tertiary alicyclic amines) is 1. The fraction of sp³-hybridized carbons (Fsp3) is 0.526. The third-order valence-corrected chi connectivity index (χ3v) is 6.40. The van der Waals surface area contributed by atoms with Gasteiger partial charge in [-0.15, -0.1) is 10.2 Å². The zero-order valence-electron chi connectivity index (χ0n) is 14.7. The van der Waals surface area contributed by atoms with Crippen molar-refractivity contribution >= 4 is 22.5 Å². The van der Waals surface area contributed by atoms with Crippen LogP contribution < -0.4 is 5.32 Å². The molecule has 2 aromatic rings. The van der Waals surface area contributed by atoms with Crippen LogP contribution in [0.15, 0.2) is 24.3 Å². The molecule has 2 heterocycles. The molecule has 2 aliphatic rings. The van der Waals surface area contributed by atoms with Gasteiger partial charge in [0.05, 0.1) is 6.04 Å². The molecule has 0 radical (unpaired) electrons. The van der Waals surface area contributed by atoms with E-state index >= 15 is 0 Å². The summed E-state index contributed by atoms with van der Waals surface area (Å²) < 4.78 is 0. The fourth-order valence-corrected chi connectivity index (χ4v) is 4.92. The Labute approximate surface area is 157 Å². The number of aromatic hydroxyl groups is 1. The van der Waals surface area contributed by atoms with Gasteiger partial charge in [-0.25, -0.2) is 4.79 Å². The zero-order valence-corrected chi connectivity index (χ0v) is 15.5. The Balaban J connectivity index is 1.42. The molecule has 2 amide bonds. The van der Waals surface area contributed by atoms with Crippen molar-refractivity contribution in [3.63, 3.8) is 0 Å². The van der Waals surface area contributed by atoms with Gasteiger partial charge in [0.2, 0.25) is 5.13 Å². The average Bonchev–Trinajstić information content (AvgIpc) is 3.33. The van der Waals surface area contributed by atoms with E-state index in [4.69, 9.17) is 0 Å². The lowest BCUT2D eigenvalue weighted by molar-refractivity contribution is 0.207. The number of aromatic nitrogens is 2. The number of benzene rings is 1. The first-order valence-electron chi connectivity index (χ1n) is 9.40. The Bertz CT molecular complexity index is 755. The Morgan fingerprint density at radius 3 is 2.62 bits per heavy atom. The molecule has 1 aromatic heterocycles. The van der Waals surface area contributed by atoms with E-state index in [-0.39, 0.29) is 17.8 Å². The van der Waals surface area contributed by atoms with Crippen molar-refractivity contribution in [1.29, 1.82) is 0 Å². The summed E-state index contributed by atoms with van der Waals surface area (Å²) in [5.41, 5.74) is 1.05. The molecule has 1 saturated carbocycles. The highest BCUT2D eigenvalue weighted by Gasteiger charge is 2.30. The van der Waals surface area contributed by atoms with E-state index in [1.165, 1.54) is 43.4 Å². The maximum absolute atomic E-state index is 12.8. The normalized spacial score (nSPS) is 21.1.